The Bertz CT molecular complexity index is 190. The summed E-state index contributed by atoms with van der Waals surface area (Å²) in [6.45, 7) is 12.7. The number of hydrogen-bond acceptors (Lipinski definition) is 2. The molecule has 2 nitrogen and oxygen atoms in total. The zero-order chi connectivity index (χ0) is 10.4. The van der Waals surface area contributed by atoms with Crippen LogP contribution in [0.25, 0.3) is 0 Å². The molecule has 0 aliphatic carbocycles. The second kappa shape index (κ2) is 5.90. The van der Waals surface area contributed by atoms with E-state index in [1.807, 2.05) is 13.8 Å². The van der Waals surface area contributed by atoms with Gasteiger partial charge in [-0.25, -0.2) is 4.99 Å². The molecule has 0 saturated heterocycles. The fourth-order valence-corrected chi connectivity index (χ4v) is 1.33. The number of aliphatic imine (C=N–C) groups is 2. The topological polar surface area (TPSA) is 24.7 Å². The van der Waals surface area contributed by atoms with Crippen molar-refractivity contribution in [1.82, 2.24) is 0 Å². The van der Waals surface area contributed by atoms with E-state index in [0.29, 0.717) is 17.9 Å². The van der Waals surface area contributed by atoms with Gasteiger partial charge in [0.1, 0.15) is 6.34 Å². The summed E-state index contributed by atoms with van der Waals surface area (Å²) in [7, 11) is 0. The second-order valence-electron chi connectivity index (χ2n) is 3.66. The van der Waals surface area contributed by atoms with Crippen molar-refractivity contribution >= 4 is 12.1 Å². The van der Waals surface area contributed by atoms with E-state index >= 15 is 0 Å². The molecule has 0 aromatic carbocycles. The summed E-state index contributed by atoms with van der Waals surface area (Å²) in [4.78, 5) is 8.57. The van der Waals surface area contributed by atoms with E-state index < -0.39 is 0 Å². The van der Waals surface area contributed by atoms with Crippen LogP contribution in [-0.4, -0.2) is 18.1 Å². The number of rotatable bonds is 2. The summed E-state index contributed by atoms with van der Waals surface area (Å²) in [5, 5.41) is 0. The molecular weight excluding hydrogens is 160 g/mol. The highest BCUT2D eigenvalue weighted by molar-refractivity contribution is 6.00. The van der Waals surface area contributed by atoms with Gasteiger partial charge in [-0.15, -0.1) is 0 Å². The van der Waals surface area contributed by atoms with E-state index in [-0.39, 0.29) is 0 Å². The average molecular weight is 182 g/mol. The average Bonchev–Trinajstić information content (AvgIpc) is 2.55. The molecule has 0 amide bonds. The van der Waals surface area contributed by atoms with Crippen LogP contribution < -0.4 is 0 Å². The molecular formula is C11H22N2. The lowest BCUT2D eigenvalue weighted by atomic mass is 9.93. The SMILES string of the molecule is CC.CC(C)C1=NC=NC1C(C)C. The highest BCUT2D eigenvalue weighted by Gasteiger charge is 2.23. The minimum absolute atomic E-state index is 0.343. The Hall–Kier alpha value is -0.660. The molecule has 0 bridgehead atoms. The van der Waals surface area contributed by atoms with Crippen molar-refractivity contribution < 1.29 is 0 Å². The molecule has 1 aliphatic rings. The van der Waals surface area contributed by atoms with Crippen molar-refractivity contribution in [2.75, 3.05) is 0 Å². The molecule has 0 aromatic heterocycles. The Labute approximate surface area is 82.2 Å². The van der Waals surface area contributed by atoms with Crippen LogP contribution in [0.15, 0.2) is 9.98 Å². The standard InChI is InChI=1S/C9H16N2.C2H6/c1-6(2)8-9(7(3)4)11-5-10-8;1-2/h5-8H,1-4H3;1-2H3. The van der Waals surface area contributed by atoms with Crippen LogP contribution in [-0.2, 0) is 0 Å². The first-order valence-electron chi connectivity index (χ1n) is 5.22. The molecule has 0 saturated carbocycles. The van der Waals surface area contributed by atoms with Gasteiger partial charge in [-0.05, 0) is 11.8 Å². The van der Waals surface area contributed by atoms with Crippen LogP contribution in [0, 0.1) is 11.8 Å². The van der Waals surface area contributed by atoms with E-state index in [2.05, 4.69) is 37.7 Å². The Morgan fingerprint density at radius 3 is 2.00 bits per heavy atom. The molecule has 1 aliphatic heterocycles. The third kappa shape index (κ3) is 3.29. The van der Waals surface area contributed by atoms with Gasteiger partial charge in [-0.2, -0.15) is 0 Å². The van der Waals surface area contributed by atoms with Crippen molar-refractivity contribution in [3.8, 4) is 0 Å². The highest BCUT2D eigenvalue weighted by atomic mass is 15.0. The van der Waals surface area contributed by atoms with Gasteiger partial charge in [-0.3, -0.25) is 4.99 Å². The van der Waals surface area contributed by atoms with Gasteiger partial charge in [0.25, 0.3) is 0 Å². The zero-order valence-electron chi connectivity index (χ0n) is 9.70. The number of hydrogen-bond donors (Lipinski definition) is 0. The fourth-order valence-electron chi connectivity index (χ4n) is 1.33. The maximum atomic E-state index is 4.31. The van der Waals surface area contributed by atoms with Crippen LogP contribution in [0.2, 0.25) is 0 Å². The Kier molecular flexibility index (Phi) is 5.60. The maximum absolute atomic E-state index is 4.31. The Balaban J connectivity index is 0.000000671. The first-order chi connectivity index (χ1) is 6.13. The molecule has 2 heteroatoms. The molecule has 0 radical (unpaired) electrons. The van der Waals surface area contributed by atoms with E-state index in [9.17, 15) is 0 Å². The minimum Gasteiger partial charge on any atom is -0.264 e. The largest absolute Gasteiger partial charge is 0.264 e. The van der Waals surface area contributed by atoms with Gasteiger partial charge in [0.05, 0.1) is 6.04 Å². The predicted molar refractivity (Wildman–Crippen MR) is 60.7 cm³/mol. The minimum atomic E-state index is 0.343. The summed E-state index contributed by atoms with van der Waals surface area (Å²) in [6, 6.07) is 0.343. The van der Waals surface area contributed by atoms with Gasteiger partial charge in [0, 0.05) is 5.71 Å². The summed E-state index contributed by atoms with van der Waals surface area (Å²) >= 11 is 0. The molecule has 0 aromatic rings. The summed E-state index contributed by atoms with van der Waals surface area (Å²) in [5.74, 6) is 1.11. The van der Waals surface area contributed by atoms with Gasteiger partial charge in [0.2, 0.25) is 0 Å². The van der Waals surface area contributed by atoms with Crippen molar-refractivity contribution in [3.63, 3.8) is 0 Å². The van der Waals surface area contributed by atoms with E-state index in [4.69, 9.17) is 0 Å². The maximum Gasteiger partial charge on any atom is 0.110 e. The van der Waals surface area contributed by atoms with Gasteiger partial charge in [-0.1, -0.05) is 41.5 Å². The highest BCUT2D eigenvalue weighted by Crippen LogP contribution is 2.17. The Morgan fingerprint density at radius 2 is 1.69 bits per heavy atom. The lowest BCUT2D eigenvalue weighted by Gasteiger charge is -2.16. The van der Waals surface area contributed by atoms with E-state index in [1.54, 1.807) is 6.34 Å². The zero-order valence-corrected chi connectivity index (χ0v) is 9.70. The van der Waals surface area contributed by atoms with Crippen LogP contribution in [0.4, 0.5) is 0 Å². The quantitative estimate of drug-likeness (QED) is 0.626. The smallest absolute Gasteiger partial charge is 0.110 e. The third-order valence-corrected chi connectivity index (χ3v) is 1.96. The Morgan fingerprint density at radius 1 is 1.15 bits per heavy atom. The molecule has 1 rings (SSSR count). The normalized spacial score (nSPS) is 20.3. The fraction of sp³-hybridized carbons (Fsp3) is 0.818. The lowest BCUT2D eigenvalue weighted by molar-refractivity contribution is 0.586. The molecule has 1 heterocycles. The first kappa shape index (κ1) is 12.3. The van der Waals surface area contributed by atoms with E-state index in [0.717, 1.165) is 0 Å². The molecule has 13 heavy (non-hydrogen) atoms. The lowest BCUT2D eigenvalue weighted by Crippen LogP contribution is -2.25. The second-order valence-corrected chi connectivity index (χ2v) is 3.66. The molecule has 1 atom stereocenters. The van der Waals surface area contributed by atoms with E-state index in [1.165, 1.54) is 5.71 Å². The van der Waals surface area contributed by atoms with Crippen molar-refractivity contribution in [3.05, 3.63) is 0 Å². The van der Waals surface area contributed by atoms with Crippen molar-refractivity contribution in [2.45, 2.75) is 47.6 Å². The molecule has 76 valence electrons. The predicted octanol–water partition coefficient (Wildman–Crippen LogP) is 3.18. The van der Waals surface area contributed by atoms with Gasteiger partial charge < -0.3 is 0 Å². The van der Waals surface area contributed by atoms with Gasteiger partial charge >= 0.3 is 0 Å². The number of nitrogens with zero attached hydrogens (tertiary/aromatic N) is 2. The molecule has 0 spiro atoms. The summed E-state index contributed by atoms with van der Waals surface area (Å²) < 4.78 is 0. The summed E-state index contributed by atoms with van der Waals surface area (Å²) in [6.07, 6.45) is 1.69. The van der Waals surface area contributed by atoms with Crippen LogP contribution in [0.1, 0.15) is 41.5 Å². The third-order valence-electron chi connectivity index (χ3n) is 1.96. The van der Waals surface area contributed by atoms with Crippen molar-refractivity contribution in [2.24, 2.45) is 21.8 Å². The van der Waals surface area contributed by atoms with Crippen molar-refractivity contribution in [1.29, 1.82) is 0 Å². The molecule has 0 fully saturated rings. The summed E-state index contributed by atoms with van der Waals surface area (Å²) in [5.41, 5.74) is 1.24. The van der Waals surface area contributed by atoms with Crippen LogP contribution in [0.5, 0.6) is 0 Å². The van der Waals surface area contributed by atoms with Gasteiger partial charge in [0.15, 0.2) is 0 Å². The first-order valence-corrected chi connectivity index (χ1v) is 5.22. The van der Waals surface area contributed by atoms with Crippen LogP contribution in [0.3, 0.4) is 0 Å². The molecule has 0 N–H and O–H groups in total. The van der Waals surface area contributed by atoms with Crippen LogP contribution >= 0.6 is 0 Å². The monoisotopic (exact) mass is 182 g/mol. The molecule has 1 unspecified atom stereocenters.